The van der Waals surface area contributed by atoms with Crippen molar-refractivity contribution in [1.82, 2.24) is 4.90 Å². The van der Waals surface area contributed by atoms with Gasteiger partial charge >= 0.3 is 0 Å². The molecule has 0 spiro atoms. The number of ketones is 1. The number of amides is 1. The Labute approximate surface area is 179 Å². The zero-order valence-corrected chi connectivity index (χ0v) is 18.0. The van der Waals surface area contributed by atoms with E-state index in [1.54, 1.807) is 6.20 Å². The monoisotopic (exact) mass is 515 g/mol. The summed E-state index contributed by atoms with van der Waals surface area (Å²) in [4.78, 5) is 25.6. The minimum atomic E-state index is -1.28. The van der Waals surface area contributed by atoms with E-state index in [9.17, 15) is 9.59 Å². The zero-order valence-electron chi connectivity index (χ0n) is 16.0. The van der Waals surface area contributed by atoms with Gasteiger partial charge in [-0.1, -0.05) is 18.2 Å². The number of rotatable bonds is 3. The van der Waals surface area contributed by atoms with Crippen molar-refractivity contribution in [3.63, 3.8) is 0 Å². The van der Waals surface area contributed by atoms with Gasteiger partial charge in [0.15, 0.2) is 5.78 Å². The van der Waals surface area contributed by atoms with E-state index < -0.39 is 20.9 Å². The number of allylic oxidation sites excluding steroid dienone is 1. The van der Waals surface area contributed by atoms with E-state index in [1.165, 1.54) is 10.5 Å². The lowest BCUT2D eigenvalue weighted by Gasteiger charge is -2.28. The summed E-state index contributed by atoms with van der Waals surface area (Å²) in [5, 5.41) is 0. The van der Waals surface area contributed by atoms with Crippen LogP contribution < -0.4 is 4.67 Å². The summed E-state index contributed by atoms with van der Waals surface area (Å²) < 4.78 is 28.9. The maximum Gasteiger partial charge on any atom is 0.290 e. The fourth-order valence-electron chi connectivity index (χ4n) is 4.01. The molecule has 4 aliphatic heterocycles. The molecular weight excluding hydrogens is 494 g/mol. The number of para-hydroxylation sites is 1. The van der Waals surface area contributed by atoms with Crippen molar-refractivity contribution >= 4 is 48.5 Å². The standard InChI is InChI=1S/C19H20IN2O5P/c1-11-17(8-19(26-11)21-9-14(20)16(23)7-18(21)24)27-28-22-13(10-25-28)6-12-4-2-3-5-15(12)22/h2-5,9,11,13,17,19H,6-8,10H2,1H3/t11?,13-,17?,19?,28+/m0/s1/i1D. The first-order chi connectivity index (χ1) is 14.0. The highest BCUT2D eigenvalue weighted by Crippen LogP contribution is 2.58. The highest BCUT2D eigenvalue weighted by atomic mass is 127. The smallest absolute Gasteiger partial charge is 0.290 e. The van der Waals surface area contributed by atoms with E-state index in [2.05, 4.69) is 16.8 Å². The minimum absolute atomic E-state index is 0.0339. The fourth-order valence-corrected chi connectivity index (χ4v) is 6.33. The van der Waals surface area contributed by atoms with Crippen LogP contribution in [0.15, 0.2) is 34.0 Å². The maximum atomic E-state index is 12.3. The third-order valence-corrected chi connectivity index (χ3v) is 8.02. The summed E-state index contributed by atoms with van der Waals surface area (Å²) in [5.41, 5.74) is 2.46. The van der Waals surface area contributed by atoms with Gasteiger partial charge in [-0.25, -0.2) is 0 Å². The Kier molecular flexibility index (Phi) is 4.65. The number of halogens is 1. The summed E-state index contributed by atoms with van der Waals surface area (Å²) >= 11 is 1.94. The predicted molar refractivity (Wildman–Crippen MR) is 112 cm³/mol. The molecule has 148 valence electrons. The number of fused-ring (bicyclic) bond motifs is 3. The third kappa shape index (κ3) is 3.19. The fraction of sp³-hybridized carbons (Fsp3) is 0.474. The first-order valence-electron chi connectivity index (χ1n) is 9.89. The number of benzene rings is 1. The van der Waals surface area contributed by atoms with Crippen LogP contribution in [0.1, 0.15) is 26.7 Å². The SMILES string of the molecule is [2H]CC1OC(N2C=C(I)C(=O)CC2=O)CC1O[P@@]1OC[C@@H]2Cc3ccccc3N21. The molecule has 28 heavy (non-hydrogen) atoms. The Hall–Kier alpha value is -1.06. The van der Waals surface area contributed by atoms with E-state index in [-0.39, 0.29) is 37.2 Å². The van der Waals surface area contributed by atoms with Gasteiger partial charge in [-0.2, -0.15) is 0 Å². The van der Waals surface area contributed by atoms with Gasteiger partial charge in [-0.15, -0.1) is 0 Å². The van der Waals surface area contributed by atoms with Crippen LogP contribution in [0, 0.1) is 0 Å². The van der Waals surface area contributed by atoms with Gasteiger partial charge < -0.3 is 18.5 Å². The van der Waals surface area contributed by atoms with Gasteiger partial charge in [0.1, 0.15) is 6.23 Å². The number of carbonyl (C=O) groups excluding carboxylic acids is 2. The van der Waals surface area contributed by atoms with Crippen LogP contribution in [0.3, 0.4) is 0 Å². The minimum Gasteiger partial charge on any atom is -0.352 e. The Balaban J connectivity index is 1.32. The van der Waals surface area contributed by atoms with Crippen molar-refractivity contribution < 1.29 is 24.7 Å². The van der Waals surface area contributed by atoms with Gasteiger partial charge in [0.25, 0.3) is 8.53 Å². The summed E-state index contributed by atoms with van der Waals surface area (Å²) in [7, 11) is -1.28. The van der Waals surface area contributed by atoms with E-state index >= 15 is 0 Å². The third-order valence-electron chi connectivity index (χ3n) is 5.43. The van der Waals surface area contributed by atoms with E-state index in [0.717, 1.165) is 12.1 Å². The first-order valence-corrected chi connectivity index (χ1v) is 11.4. The summed E-state index contributed by atoms with van der Waals surface area (Å²) in [5.74, 6) is -0.447. The highest BCUT2D eigenvalue weighted by molar-refractivity contribution is 14.1. The van der Waals surface area contributed by atoms with Crippen LogP contribution in [0.2, 0.25) is 0 Å². The second kappa shape index (κ2) is 7.32. The van der Waals surface area contributed by atoms with Crippen molar-refractivity contribution in [2.24, 2.45) is 0 Å². The van der Waals surface area contributed by atoms with Gasteiger partial charge in [-0.05, 0) is 47.5 Å². The van der Waals surface area contributed by atoms with Gasteiger partial charge in [0.2, 0.25) is 5.91 Å². The molecule has 0 radical (unpaired) electrons. The van der Waals surface area contributed by atoms with E-state index in [0.29, 0.717) is 16.6 Å². The van der Waals surface area contributed by atoms with Crippen LogP contribution in [0.25, 0.3) is 0 Å². The average molecular weight is 515 g/mol. The second-order valence-electron chi connectivity index (χ2n) is 7.25. The van der Waals surface area contributed by atoms with Crippen molar-refractivity contribution in [3.8, 4) is 0 Å². The molecule has 4 heterocycles. The summed E-state index contributed by atoms with van der Waals surface area (Å²) in [6.07, 6.45) is 1.49. The van der Waals surface area contributed by atoms with Gasteiger partial charge in [-0.3, -0.25) is 14.5 Å². The molecule has 0 bridgehead atoms. The molecule has 9 heteroatoms. The maximum absolute atomic E-state index is 12.3. The lowest BCUT2D eigenvalue weighted by molar-refractivity contribution is -0.142. The topological polar surface area (TPSA) is 68.3 Å². The largest absolute Gasteiger partial charge is 0.352 e. The number of ether oxygens (including phenoxy) is 1. The molecular formula is C19H20IN2O5P. The normalized spacial score (nSPS) is 35.1. The van der Waals surface area contributed by atoms with E-state index in [4.69, 9.17) is 15.2 Å². The number of Topliss-reactive ketones (excluding diaryl/α,β-unsaturated/α-hetero) is 1. The number of carbonyl (C=O) groups is 2. The average Bonchev–Trinajstić information content (AvgIpc) is 3.39. The molecule has 0 aliphatic carbocycles. The Bertz CT molecular complexity index is 886. The second-order valence-corrected chi connectivity index (χ2v) is 9.79. The molecule has 2 fully saturated rings. The van der Waals surface area contributed by atoms with Crippen LogP contribution in [-0.4, -0.2) is 47.7 Å². The molecule has 4 aliphatic rings. The molecule has 2 saturated heterocycles. The molecule has 1 aromatic rings. The molecule has 0 N–H and O–H groups in total. The van der Waals surface area contributed by atoms with Crippen LogP contribution in [0.5, 0.6) is 0 Å². The predicted octanol–water partition coefficient (Wildman–Crippen LogP) is 3.27. The molecule has 1 aromatic carbocycles. The molecule has 5 rings (SSSR count). The lowest BCUT2D eigenvalue weighted by Crippen LogP contribution is -2.40. The molecule has 7 nitrogen and oxygen atoms in total. The van der Waals surface area contributed by atoms with Crippen molar-refractivity contribution in [2.75, 3.05) is 11.3 Å². The number of hydrogen-bond acceptors (Lipinski definition) is 6. The zero-order chi connectivity index (χ0) is 20.1. The van der Waals surface area contributed by atoms with Crippen molar-refractivity contribution in [2.45, 2.75) is 50.6 Å². The van der Waals surface area contributed by atoms with E-state index in [1.807, 2.05) is 34.7 Å². The number of anilines is 1. The Morgan fingerprint density at radius 1 is 1.36 bits per heavy atom. The van der Waals surface area contributed by atoms with Crippen molar-refractivity contribution in [1.29, 1.82) is 0 Å². The summed E-state index contributed by atoms with van der Waals surface area (Å²) in [6, 6.07) is 8.58. The molecule has 5 atom stereocenters. The Morgan fingerprint density at radius 3 is 3.07 bits per heavy atom. The van der Waals surface area contributed by atoms with Gasteiger partial charge in [0.05, 0.1) is 34.9 Å². The Morgan fingerprint density at radius 2 is 2.21 bits per heavy atom. The highest BCUT2D eigenvalue weighted by Gasteiger charge is 2.47. The summed E-state index contributed by atoms with van der Waals surface area (Å²) in [6.45, 7) is 0.655. The molecule has 0 saturated carbocycles. The van der Waals surface area contributed by atoms with Crippen molar-refractivity contribution in [3.05, 3.63) is 39.6 Å². The molecule has 1 amide bonds. The van der Waals surface area contributed by atoms with Crippen LogP contribution in [0.4, 0.5) is 5.69 Å². The lowest BCUT2D eigenvalue weighted by atomic mass is 10.1. The molecule has 0 aromatic heterocycles. The van der Waals surface area contributed by atoms with Gasteiger partial charge in [0, 0.05) is 19.7 Å². The number of nitrogens with zero attached hydrogens (tertiary/aromatic N) is 2. The molecule has 3 unspecified atom stereocenters. The quantitative estimate of drug-likeness (QED) is 0.350. The van der Waals surface area contributed by atoms with Crippen LogP contribution >= 0.6 is 31.1 Å². The number of hydrogen-bond donors (Lipinski definition) is 0. The van der Waals surface area contributed by atoms with Crippen LogP contribution in [-0.2, 0) is 29.8 Å². The first kappa shape index (κ1) is 17.8.